The van der Waals surface area contributed by atoms with Crippen molar-refractivity contribution in [3.05, 3.63) is 57.3 Å². The fourth-order valence-electron chi connectivity index (χ4n) is 2.34. The van der Waals surface area contributed by atoms with Crippen LogP contribution in [0, 0.1) is 24.0 Å². The van der Waals surface area contributed by atoms with Crippen LogP contribution in [0.25, 0.3) is 0 Å². The van der Waals surface area contributed by atoms with E-state index < -0.39 is 4.92 Å². The molecule has 0 spiro atoms. The van der Waals surface area contributed by atoms with Gasteiger partial charge in [-0.05, 0) is 40.1 Å². The molecule has 8 heteroatoms. The highest BCUT2D eigenvalue weighted by Crippen LogP contribution is 2.18. The van der Waals surface area contributed by atoms with Gasteiger partial charge >= 0.3 is 0 Å². The molecule has 2 aromatic heterocycles. The molecule has 134 valence electrons. The maximum absolute atomic E-state index is 13.0. The van der Waals surface area contributed by atoms with E-state index in [-0.39, 0.29) is 17.2 Å². The Labute approximate surface area is 146 Å². The van der Waals surface area contributed by atoms with Crippen molar-refractivity contribution in [2.75, 3.05) is 27.2 Å². The second-order valence-corrected chi connectivity index (χ2v) is 6.13. The van der Waals surface area contributed by atoms with Crippen LogP contribution >= 0.6 is 0 Å². The van der Waals surface area contributed by atoms with Crippen LogP contribution in [-0.4, -0.2) is 52.8 Å². The monoisotopic (exact) mass is 346 g/mol. The third kappa shape index (κ3) is 4.87. The molecule has 2 heterocycles. The first-order valence-corrected chi connectivity index (χ1v) is 7.88. The second-order valence-electron chi connectivity index (χ2n) is 6.13. The minimum absolute atomic E-state index is 0.199. The molecular formula is C17H22N4O4. The van der Waals surface area contributed by atoms with Crippen molar-refractivity contribution >= 4 is 11.6 Å². The SMILES string of the molecule is Cc1ccc(CN(CCN(C)C)C(=O)c2cc([N+](=O)[O-])cnc2C)o1. The number of pyridine rings is 1. The molecule has 0 saturated carbocycles. The summed E-state index contributed by atoms with van der Waals surface area (Å²) in [6.45, 7) is 4.92. The van der Waals surface area contributed by atoms with Crippen molar-refractivity contribution in [3.63, 3.8) is 0 Å². The van der Waals surface area contributed by atoms with Gasteiger partial charge < -0.3 is 14.2 Å². The Hall–Kier alpha value is -2.74. The van der Waals surface area contributed by atoms with Crippen LogP contribution in [0.5, 0.6) is 0 Å². The molecule has 0 N–H and O–H groups in total. The first-order chi connectivity index (χ1) is 11.8. The predicted octanol–water partition coefficient (Wildman–Crippen LogP) is 2.40. The molecule has 2 aromatic rings. The van der Waals surface area contributed by atoms with Gasteiger partial charge in [0.2, 0.25) is 0 Å². The molecule has 0 aliphatic rings. The first-order valence-electron chi connectivity index (χ1n) is 7.88. The topological polar surface area (TPSA) is 92.7 Å². The zero-order chi connectivity index (χ0) is 18.6. The molecular weight excluding hydrogens is 324 g/mol. The Morgan fingerprint density at radius 1 is 1.28 bits per heavy atom. The molecule has 8 nitrogen and oxygen atoms in total. The quantitative estimate of drug-likeness (QED) is 0.564. The molecule has 0 fully saturated rings. The number of hydrogen-bond acceptors (Lipinski definition) is 6. The number of likely N-dealkylation sites (N-methyl/N-ethyl adjacent to an activating group) is 1. The molecule has 0 bridgehead atoms. The number of furan rings is 1. The largest absolute Gasteiger partial charge is 0.464 e. The molecule has 25 heavy (non-hydrogen) atoms. The van der Waals surface area contributed by atoms with Crippen LogP contribution in [0.1, 0.15) is 27.6 Å². The summed E-state index contributed by atoms with van der Waals surface area (Å²) in [6, 6.07) is 4.94. The van der Waals surface area contributed by atoms with E-state index in [9.17, 15) is 14.9 Å². The first kappa shape index (κ1) is 18.6. The molecule has 0 aliphatic heterocycles. The van der Waals surface area contributed by atoms with Gasteiger partial charge in [-0.15, -0.1) is 0 Å². The molecule has 0 aromatic carbocycles. The Balaban J connectivity index is 2.30. The highest BCUT2D eigenvalue weighted by atomic mass is 16.6. The summed E-state index contributed by atoms with van der Waals surface area (Å²) in [5.41, 5.74) is 0.493. The number of carbonyl (C=O) groups is 1. The van der Waals surface area contributed by atoms with Crippen molar-refractivity contribution in [1.29, 1.82) is 0 Å². The third-order valence-corrected chi connectivity index (χ3v) is 3.76. The van der Waals surface area contributed by atoms with Gasteiger partial charge in [0.05, 0.1) is 22.7 Å². The fraction of sp³-hybridized carbons (Fsp3) is 0.412. The Kier molecular flexibility index (Phi) is 5.87. The lowest BCUT2D eigenvalue weighted by Crippen LogP contribution is -2.36. The summed E-state index contributed by atoms with van der Waals surface area (Å²) in [7, 11) is 3.83. The Morgan fingerprint density at radius 3 is 2.56 bits per heavy atom. The van der Waals surface area contributed by atoms with Crippen molar-refractivity contribution < 1.29 is 14.1 Å². The smallest absolute Gasteiger partial charge is 0.288 e. The Bertz CT molecular complexity index is 770. The number of carbonyl (C=O) groups excluding carboxylic acids is 1. The molecule has 0 radical (unpaired) electrons. The number of aryl methyl sites for hydroxylation is 2. The molecule has 0 atom stereocenters. The number of amides is 1. The molecule has 2 rings (SSSR count). The van der Waals surface area contributed by atoms with Crippen molar-refractivity contribution in [2.45, 2.75) is 20.4 Å². The lowest BCUT2D eigenvalue weighted by molar-refractivity contribution is -0.385. The van der Waals surface area contributed by atoms with E-state index in [0.29, 0.717) is 31.1 Å². The lowest BCUT2D eigenvalue weighted by atomic mass is 10.1. The minimum atomic E-state index is -0.552. The molecule has 1 amide bonds. The van der Waals surface area contributed by atoms with Gasteiger partial charge in [0.25, 0.3) is 11.6 Å². The second kappa shape index (κ2) is 7.89. The van der Waals surface area contributed by atoms with E-state index in [0.717, 1.165) is 12.0 Å². The fourth-order valence-corrected chi connectivity index (χ4v) is 2.34. The predicted molar refractivity (Wildman–Crippen MR) is 92.4 cm³/mol. The third-order valence-electron chi connectivity index (χ3n) is 3.76. The highest BCUT2D eigenvalue weighted by Gasteiger charge is 2.22. The van der Waals surface area contributed by atoms with Crippen LogP contribution in [0.2, 0.25) is 0 Å². The van der Waals surface area contributed by atoms with Gasteiger partial charge in [-0.1, -0.05) is 0 Å². The number of nitrogens with zero attached hydrogens (tertiary/aromatic N) is 4. The average molecular weight is 346 g/mol. The summed E-state index contributed by atoms with van der Waals surface area (Å²) in [6.07, 6.45) is 1.16. The van der Waals surface area contributed by atoms with Gasteiger partial charge in [-0.3, -0.25) is 19.9 Å². The molecule has 0 aliphatic carbocycles. The standard InChI is InChI=1S/C17H22N4O4/c1-12-5-6-15(25-12)11-20(8-7-19(3)4)17(22)16-9-14(21(23)24)10-18-13(16)2/h5-6,9-10H,7-8,11H2,1-4H3. The summed E-state index contributed by atoms with van der Waals surface area (Å²) in [4.78, 5) is 31.0. The van der Waals surface area contributed by atoms with Crippen LogP contribution in [-0.2, 0) is 6.54 Å². The summed E-state index contributed by atoms with van der Waals surface area (Å²) >= 11 is 0. The van der Waals surface area contributed by atoms with Crippen LogP contribution in [0.4, 0.5) is 5.69 Å². The average Bonchev–Trinajstić information content (AvgIpc) is 2.96. The highest BCUT2D eigenvalue weighted by molar-refractivity contribution is 5.95. The van der Waals surface area contributed by atoms with E-state index in [2.05, 4.69) is 4.98 Å². The van der Waals surface area contributed by atoms with E-state index in [4.69, 9.17) is 4.42 Å². The maximum atomic E-state index is 13.0. The lowest BCUT2D eigenvalue weighted by Gasteiger charge is -2.24. The molecule has 0 unspecified atom stereocenters. The van der Waals surface area contributed by atoms with Crippen molar-refractivity contribution in [1.82, 2.24) is 14.8 Å². The maximum Gasteiger partial charge on any atom is 0.288 e. The van der Waals surface area contributed by atoms with Crippen LogP contribution in [0.3, 0.4) is 0 Å². The summed E-state index contributed by atoms with van der Waals surface area (Å²) < 4.78 is 5.57. The number of rotatable bonds is 7. The molecule has 0 saturated heterocycles. The van der Waals surface area contributed by atoms with E-state index in [1.807, 2.05) is 38.1 Å². The number of nitro groups is 1. The van der Waals surface area contributed by atoms with E-state index in [1.54, 1.807) is 11.8 Å². The van der Waals surface area contributed by atoms with Crippen LogP contribution in [0.15, 0.2) is 28.8 Å². The van der Waals surface area contributed by atoms with Crippen molar-refractivity contribution in [2.24, 2.45) is 0 Å². The minimum Gasteiger partial charge on any atom is -0.464 e. The van der Waals surface area contributed by atoms with Gasteiger partial charge in [0, 0.05) is 19.2 Å². The van der Waals surface area contributed by atoms with Gasteiger partial charge in [-0.2, -0.15) is 0 Å². The normalized spacial score (nSPS) is 10.9. The number of aromatic nitrogens is 1. The van der Waals surface area contributed by atoms with Gasteiger partial charge in [-0.25, -0.2) is 0 Å². The van der Waals surface area contributed by atoms with E-state index >= 15 is 0 Å². The van der Waals surface area contributed by atoms with Crippen molar-refractivity contribution in [3.8, 4) is 0 Å². The zero-order valence-electron chi connectivity index (χ0n) is 14.9. The zero-order valence-corrected chi connectivity index (χ0v) is 14.9. The van der Waals surface area contributed by atoms with Gasteiger partial charge in [0.15, 0.2) is 0 Å². The summed E-state index contributed by atoms with van der Waals surface area (Å²) in [5.74, 6) is 1.13. The van der Waals surface area contributed by atoms with Gasteiger partial charge in [0.1, 0.15) is 17.7 Å². The van der Waals surface area contributed by atoms with E-state index in [1.165, 1.54) is 6.07 Å². The number of hydrogen-bond donors (Lipinski definition) is 0. The summed E-state index contributed by atoms with van der Waals surface area (Å²) in [5, 5.41) is 11.0. The van der Waals surface area contributed by atoms with Crippen LogP contribution < -0.4 is 0 Å². The Morgan fingerprint density at radius 2 is 2.00 bits per heavy atom.